The second-order valence-corrected chi connectivity index (χ2v) is 5.98. The predicted molar refractivity (Wildman–Crippen MR) is 81.2 cm³/mol. The molecule has 0 radical (unpaired) electrons. The van der Waals surface area contributed by atoms with Crippen LogP contribution >= 0.6 is 0 Å². The molecule has 1 aliphatic heterocycles. The molecule has 4 nitrogen and oxygen atoms in total. The SMILES string of the molecule is CC1CCCN(C(C)C(=O)Nc2ccc(OC(F)(F)F)cc2)C1. The molecular weight excluding hydrogens is 309 g/mol. The number of nitrogens with zero attached hydrogens (tertiary/aromatic N) is 1. The first-order valence-corrected chi connectivity index (χ1v) is 7.65. The van der Waals surface area contributed by atoms with Gasteiger partial charge in [-0.2, -0.15) is 0 Å². The number of anilines is 1. The van der Waals surface area contributed by atoms with Crippen molar-refractivity contribution in [3.63, 3.8) is 0 Å². The van der Waals surface area contributed by atoms with Crippen molar-refractivity contribution in [2.75, 3.05) is 18.4 Å². The minimum Gasteiger partial charge on any atom is -0.406 e. The number of carbonyl (C=O) groups is 1. The van der Waals surface area contributed by atoms with Gasteiger partial charge in [0.25, 0.3) is 0 Å². The summed E-state index contributed by atoms with van der Waals surface area (Å²) >= 11 is 0. The lowest BCUT2D eigenvalue weighted by Crippen LogP contribution is -2.46. The van der Waals surface area contributed by atoms with Gasteiger partial charge in [0.2, 0.25) is 5.91 Å². The smallest absolute Gasteiger partial charge is 0.406 e. The normalized spacial score (nSPS) is 20.8. The van der Waals surface area contributed by atoms with E-state index >= 15 is 0 Å². The van der Waals surface area contributed by atoms with Crippen molar-refractivity contribution in [1.29, 1.82) is 0 Å². The van der Waals surface area contributed by atoms with Crippen LogP contribution in [0, 0.1) is 5.92 Å². The summed E-state index contributed by atoms with van der Waals surface area (Å²) in [4.78, 5) is 14.4. The molecule has 0 bridgehead atoms. The molecule has 0 aliphatic carbocycles. The Hall–Kier alpha value is -1.76. The van der Waals surface area contributed by atoms with E-state index in [1.165, 1.54) is 30.7 Å². The maximum absolute atomic E-state index is 12.3. The summed E-state index contributed by atoms with van der Waals surface area (Å²) in [6.07, 6.45) is -2.47. The Kier molecular flexibility index (Phi) is 5.51. The molecule has 0 aromatic heterocycles. The van der Waals surface area contributed by atoms with Crippen molar-refractivity contribution >= 4 is 11.6 Å². The lowest BCUT2D eigenvalue weighted by Gasteiger charge is -2.34. The Morgan fingerprint density at radius 2 is 2.00 bits per heavy atom. The van der Waals surface area contributed by atoms with Crippen LogP contribution in [0.2, 0.25) is 0 Å². The first kappa shape index (κ1) is 17.6. The van der Waals surface area contributed by atoms with Gasteiger partial charge in [0.15, 0.2) is 0 Å². The van der Waals surface area contributed by atoms with E-state index < -0.39 is 6.36 Å². The van der Waals surface area contributed by atoms with Crippen LogP contribution in [0.25, 0.3) is 0 Å². The van der Waals surface area contributed by atoms with Crippen LogP contribution < -0.4 is 10.1 Å². The van der Waals surface area contributed by atoms with E-state index in [2.05, 4.69) is 21.9 Å². The molecule has 2 unspecified atom stereocenters. The molecule has 128 valence electrons. The van der Waals surface area contributed by atoms with Crippen LogP contribution in [0.1, 0.15) is 26.7 Å². The van der Waals surface area contributed by atoms with Crippen LogP contribution in [0.15, 0.2) is 24.3 Å². The molecular formula is C16H21F3N2O2. The molecule has 7 heteroatoms. The Bertz CT molecular complexity index is 531. The molecule has 0 saturated carbocycles. The minimum atomic E-state index is -4.72. The topological polar surface area (TPSA) is 41.6 Å². The maximum Gasteiger partial charge on any atom is 0.573 e. The summed E-state index contributed by atoms with van der Waals surface area (Å²) in [5.41, 5.74) is 0.446. The molecule has 2 atom stereocenters. The highest BCUT2D eigenvalue weighted by molar-refractivity contribution is 5.94. The van der Waals surface area contributed by atoms with Crippen molar-refractivity contribution in [2.24, 2.45) is 5.92 Å². The van der Waals surface area contributed by atoms with E-state index in [1.807, 2.05) is 6.92 Å². The zero-order chi connectivity index (χ0) is 17.0. The summed E-state index contributed by atoms with van der Waals surface area (Å²) in [7, 11) is 0. The van der Waals surface area contributed by atoms with E-state index in [0.717, 1.165) is 19.5 Å². The fourth-order valence-electron chi connectivity index (χ4n) is 2.73. The third-order valence-electron chi connectivity index (χ3n) is 3.97. The van der Waals surface area contributed by atoms with Crippen LogP contribution in [0.5, 0.6) is 5.75 Å². The number of rotatable bonds is 4. The first-order chi connectivity index (χ1) is 10.7. The fraction of sp³-hybridized carbons (Fsp3) is 0.562. The standard InChI is InChI=1S/C16H21F3N2O2/c1-11-4-3-9-21(10-11)12(2)15(22)20-13-5-7-14(8-6-13)23-16(17,18)19/h5-8,11-12H,3-4,9-10H2,1-2H3,(H,20,22). The van der Waals surface area contributed by atoms with Gasteiger partial charge in [-0.15, -0.1) is 13.2 Å². The van der Waals surface area contributed by atoms with Crippen LogP contribution in [-0.4, -0.2) is 36.3 Å². The van der Waals surface area contributed by atoms with E-state index in [-0.39, 0.29) is 17.7 Å². The predicted octanol–water partition coefficient (Wildman–Crippen LogP) is 3.64. The first-order valence-electron chi connectivity index (χ1n) is 7.65. The Morgan fingerprint density at radius 3 is 2.57 bits per heavy atom. The van der Waals surface area contributed by atoms with E-state index in [0.29, 0.717) is 11.6 Å². The molecule has 1 saturated heterocycles. The number of hydrogen-bond donors (Lipinski definition) is 1. The highest BCUT2D eigenvalue weighted by atomic mass is 19.4. The number of halogens is 3. The number of likely N-dealkylation sites (tertiary alicyclic amines) is 1. The summed E-state index contributed by atoms with van der Waals surface area (Å²) in [6, 6.07) is 4.87. The number of alkyl halides is 3. The summed E-state index contributed by atoms with van der Waals surface area (Å²) in [5, 5.41) is 2.73. The number of carbonyl (C=O) groups excluding carboxylic acids is 1. The second-order valence-electron chi connectivity index (χ2n) is 5.98. The zero-order valence-corrected chi connectivity index (χ0v) is 13.2. The highest BCUT2D eigenvalue weighted by Crippen LogP contribution is 2.24. The molecule has 0 spiro atoms. The molecule has 2 rings (SSSR count). The van der Waals surface area contributed by atoms with Crippen LogP contribution in [0.4, 0.5) is 18.9 Å². The van der Waals surface area contributed by atoms with Crippen molar-refractivity contribution in [3.8, 4) is 5.75 Å². The van der Waals surface area contributed by atoms with Gasteiger partial charge in [0.1, 0.15) is 5.75 Å². The van der Waals surface area contributed by atoms with Crippen molar-refractivity contribution < 1.29 is 22.7 Å². The number of amides is 1. The number of hydrogen-bond acceptors (Lipinski definition) is 3. The second kappa shape index (κ2) is 7.21. The van der Waals surface area contributed by atoms with Crippen LogP contribution in [-0.2, 0) is 4.79 Å². The van der Waals surface area contributed by atoms with Crippen LogP contribution in [0.3, 0.4) is 0 Å². The number of ether oxygens (including phenoxy) is 1. The zero-order valence-electron chi connectivity index (χ0n) is 13.2. The van der Waals surface area contributed by atoms with Gasteiger partial charge in [0, 0.05) is 12.2 Å². The van der Waals surface area contributed by atoms with Gasteiger partial charge in [-0.25, -0.2) is 0 Å². The van der Waals surface area contributed by atoms with E-state index in [1.54, 1.807) is 0 Å². The largest absolute Gasteiger partial charge is 0.573 e. The number of nitrogens with one attached hydrogen (secondary N) is 1. The molecule has 1 aromatic rings. The van der Waals surface area contributed by atoms with Gasteiger partial charge in [-0.1, -0.05) is 6.92 Å². The lowest BCUT2D eigenvalue weighted by atomic mass is 9.99. The third kappa shape index (κ3) is 5.42. The molecule has 1 amide bonds. The average molecular weight is 330 g/mol. The van der Waals surface area contributed by atoms with Gasteiger partial charge < -0.3 is 10.1 Å². The third-order valence-corrected chi connectivity index (χ3v) is 3.97. The summed E-state index contributed by atoms with van der Waals surface area (Å²) in [5.74, 6) is 0.0924. The number of piperidine rings is 1. The molecule has 1 N–H and O–H groups in total. The molecule has 1 aromatic carbocycles. The molecule has 23 heavy (non-hydrogen) atoms. The summed E-state index contributed by atoms with van der Waals surface area (Å²) < 4.78 is 40.1. The average Bonchev–Trinajstić information content (AvgIpc) is 2.47. The minimum absolute atomic E-state index is 0.163. The van der Waals surface area contributed by atoms with Crippen molar-refractivity contribution in [2.45, 2.75) is 39.1 Å². The van der Waals surface area contributed by atoms with Crippen molar-refractivity contribution in [3.05, 3.63) is 24.3 Å². The van der Waals surface area contributed by atoms with Gasteiger partial charge in [-0.3, -0.25) is 9.69 Å². The van der Waals surface area contributed by atoms with E-state index in [4.69, 9.17) is 0 Å². The molecule has 1 fully saturated rings. The highest BCUT2D eigenvalue weighted by Gasteiger charge is 2.31. The molecule has 1 aliphatic rings. The van der Waals surface area contributed by atoms with Gasteiger partial charge in [-0.05, 0) is 56.5 Å². The van der Waals surface area contributed by atoms with Gasteiger partial charge in [0.05, 0.1) is 6.04 Å². The van der Waals surface area contributed by atoms with Gasteiger partial charge >= 0.3 is 6.36 Å². The van der Waals surface area contributed by atoms with Crippen molar-refractivity contribution in [1.82, 2.24) is 4.90 Å². The molecule has 1 heterocycles. The maximum atomic E-state index is 12.3. The lowest BCUT2D eigenvalue weighted by molar-refractivity contribution is -0.274. The summed E-state index contributed by atoms with van der Waals surface area (Å²) in [6.45, 7) is 5.77. The van der Waals surface area contributed by atoms with E-state index in [9.17, 15) is 18.0 Å². The Balaban J connectivity index is 1.91. The number of benzene rings is 1. The monoisotopic (exact) mass is 330 g/mol. The fourth-order valence-corrected chi connectivity index (χ4v) is 2.73. The Labute approximate surface area is 133 Å². The Morgan fingerprint density at radius 1 is 1.35 bits per heavy atom. The quantitative estimate of drug-likeness (QED) is 0.916.